The summed E-state index contributed by atoms with van der Waals surface area (Å²) in [5, 5.41) is 4.85. The van der Waals surface area contributed by atoms with E-state index in [0.717, 1.165) is 60.4 Å². The van der Waals surface area contributed by atoms with E-state index < -0.39 is 7.14 Å². The van der Waals surface area contributed by atoms with Gasteiger partial charge in [-0.3, -0.25) is 0 Å². The van der Waals surface area contributed by atoms with Gasteiger partial charge in [0.2, 0.25) is 0 Å². The second-order valence-corrected chi connectivity index (χ2v) is 17.5. The van der Waals surface area contributed by atoms with E-state index in [1.807, 2.05) is 133 Å². The Balaban J connectivity index is 0.964. The first-order valence-corrected chi connectivity index (χ1v) is 21.7. The lowest BCUT2D eigenvalue weighted by Crippen LogP contribution is -2.24. The average Bonchev–Trinajstić information content (AvgIpc) is 3.34. The van der Waals surface area contributed by atoms with Crippen LogP contribution in [0.4, 0.5) is 0 Å². The highest BCUT2D eigenvalue weighted by atomic mass is 31.2. The fourth-order valence-electron chi connectivity index (χ4n) is 7.89. The van der Waals surface area contributed by atoms with Crippen LogP contribution in [-0.4, -0.2) is 15.0 Å². The Morgan fingerprint density at radius 1 is 0.283 bits per heavy atom. The van der Waals surface area contributed by atoms with Crippen molar-refractivity contribution < 1.29 is 4.57 Å². The van der Waals surface area contributed by atoms with E-state index in [2.05, 4.69) is 97.1 Å². The summed E-state index contributed by atoms with van der Waals surface area (Å²) in [5.74, 6) is 1.91. The van der Waals surface area contributed by atoms with Crippen LogP contribution >= 0.6 is 7.14 Å². The van der Waals surface area contributed by atoms with Crippen LogP contribution in [0.1, 0.15) is 0 Å². The molecule has 9 aromatic carbocycles. The van der Waals surface area contributed by atoms with Gasteiger partial charge in [0.25, 0.3) is 0 Å². The molecule has 10 aromatic rings. The first-order valence-electron chi connectivity index (χ1n) is 20.0. The topological polar surface area (TPSA) is 55.7 Å². The van der Waals surface area contributed by atoms with E-state index in [0.29, 0.717) is 17.5 Å². The fourth-order valence-corrected chi connectivity index (χ4v) is 10.5. The van der Waals surface area contributed by atoms with E-state index in [1.54, 1.807) is 0 Å². The fraction of sp³-hybridized carbons (Fsp3) is 0. The van der Waals surface area contributed by atoms with Gasteiger partial charge in [-0.15, -0.1) is 0 Å². The minimum atomic E-state index is -3.04. The Kier molecular flexibility index (Phi) is 9.83. The van der Waals surface area contributed by atoms with Crippen LogP contribution < -0.4 is 15.9 Å². The number of hydrogen-bond donors (Lipinski definition) is 0. The summed E-state index contributed by atoms with van der Waals surface area (Å²) in [6, 6.07) is 78.3. The Labute approximate surface area is 350 Å². The summed E-state index contributed by atoms with van der Waals surface area (Å²) >= 11 is 0. The molecule has 0 saturated carbocycles. The molecule has 5 heteroatoms. The molecule has 0 aliphatic heterocycles. The molecule has 0 bridgehead atoms. The lowest BCUT2D eigenvalue weighted by molar-refractivity contribution is 0.592. The largest absolute Gasteiger partial charge is 0.309 e. The van der Waals surface area contributed by atoms with Crippen LogP contribution in [0.15, 0.2) is 231 Å². The molecular weight excluding hydrogens is 750 g/mol. The Bertz CT molecular complexity index is 3020. The van der Waals surface area contributed by atoms with Crippen molar-refractivity contribution in [2.24, 2.45) is 0 Å². The molecule has 0 amide bonds. The average molecular weight is 788 g/mol. The minimum absolute atomic E-state index is 0.629. The van der Waals surface area contributed by atoms with Gasteiger partial charge in [-0.2, -0.15) is 0 Å². The molecule has 0 spiro atoms. The van der Waals surface area contributed by atoms with E-state index in [9.17, 15) is 4.57 Å². The summed E-state index contributed by atoms with van der Waals surface area (Å²) in [6.45, 7) is 0. The lowest BCUT2D eigenvalue weighted by Gasteiger charge is -2.20. The first-order chi connectivity index (χ1) is 29.6. The third-order valence-electron chi connectivity index (χ3n) is 11.0. The molecule has 0 aliphatic rings. The van der Waals surface area contributed by atoms with Gasteiger partial charge in [-0.1, -0.05) is 218 Å². The van der Waals surface area contributed by atoms with Crippen LogP contribution in [0.3, 0.4) is 0 Å². The van der Waals surface area contributed by atoms with Crippen LogP contribution in [0, 0.1) is 0 Å². The van der Waals surface area contributed by atoms with Crippen molar-refractivity contribution in [3.63, 3.8) is 0 Å². The predicted octanol–water partition coefficient (Wildman–Crippen LogP) is 12.7. The molecule has 0 saturated heterocycles. The lowest BCUT2D eigenvalue weighted by atomic mass is 9.92. The molecule has 284 valence electrons. The van der Waals surface area contributed by atoms with E-state index in [1.165, 1.54) is 16.3 Å². The van der Waals surface area contributed by atoms with Crippen LogP contribution in [-0.2, 0) is 4.57 Å². The highest BCUT2D eigenvalue weighted by Crippen LogP contribution is 2.43. The molecule has 1 aromatic heterocycles. The highest BCUT2D eigenvalue weighted by molar-refractivity contribution is 7.85. The molecule has 60 heavy (non-hydrogen) atoms. The summed E-state index contributed by atoms with van der Waals surface area (Å²) in [7, 11) is -3.04. The van der Waals surface area contributed by atoms with Crippen molar-refractivity contribution in [3.05, 3.63) is 231 Å². The van der Waals surface area contributed by atoms with E-state index >= 15 is 0 Å². The Morgan fingerprint density at radius 2 is 0.633 bits per heavy atom. The smallest absolute Gasteiger partial charge is 0.171 e. The third kappa shape index (κ3) is 7.15. The van der Waals surface area contributed by atoms with Gasteiger partial charge in [0, 0.05) is 32.6 Å². The molecule has 0 radical (unpaired) electrons. The van der Waals surface area contributed by atoms with Gasteiger partial charge in [0.05, 0.1) is 0 Å². The van der Waals surface area contributed by atoms with E-state index in [-0.39, 0.29) is 0 Å². The van der Waals surface area contributed by atoms with Crippen molar-refractivity contribution in [1.82, 2.24) is 15.0 Å². The number of hydrogen-bond acceptors (Lipinski definition) is 4. The van der Waals surface area contributed by atoms with Crippen LogP contribution in [0.2, 0.25) is 0 Å². The van der Waals surface area contributed by atoms with Crippen LogP contribution in [0.25, 0.3) is 78.3 Å². The summed E-state index contributed by atoms with van der Waals surface area (Å²) in [5.41, 5.74) is 9.50. The number of fused-ring (bicyclic) bond motifs is 1. The van der Waals surface area contributed by atoms with Crippen molar-refractivity contribution >= 4 is 33.8 Å². The molecule has 0 N–H and O–H groups in total. The van der Waals surface area contributed by atoms with Crippen molar-refractivity contribution in [3.8, 4) is 67.5 Å². The molecule has 0 fully saturated rings. The van der Waals surface area contributed by atoms with Crippen LogP contribution in [0.5, 0.6) is 0 Å². The molecule has 0 unspecified atom stereocenters. The zero-order chi connectivity index (χ0) is 40.3. The van der Waals surface area contributed by atoms with Crippen molar-refractivity contribution in [2.75, 3.05) is 0 Å². The Hall–Kier alpha value is -7.52. The third-order valence-corrected chi connectivity index (χ3v) is 14.1. The first kappa shape index (κ1) is 36.8. The maximum atomic E-state index is 14.9. The number of nitrogens with zero attached hydrogens (tertiary/aromatic N) is 3. The molecule has 4 nitrogen and oxygen atoms in total. The summed E-state index contributed by atoms with van der Waals surface area (Å²) < 4.78 is 14.9. The number of rotatable bonds is 9. The summed E-state index contributed by atoms with van der Waals surface area (Å²) in [4.78, 5) is 14.7. The summed E-state index contributed by atoms with van der Waals surface area (Å²) in [6.07, 6.45) is 0. The van der Waals surface area contributed by atoms with Gasteiger partial charge in [-0.25, -0.2) is 15.0 Å². The monoisotopic (exact) mass is 787 g/mol. The zero-order valence-electron chi connectivity index (χ0n) is 32.6. The van der Waals surface area contributed by atoms with Gasteiger partial charge in [0.1, 0.15) is 0 Å². The molecule has 1 heterocycles. The predicted molar refractivity (Wildman–Crippen MR) is 249 cm³/mol. The van der Waals surface area contributed by atoms with Gasteiger partial charge in [0.15, 0.2) is 24.6 Å². The standard InChI is InChI=1S/C55H38N3OP/c59-60(48-20-9-3-10-21-48,49-22-11-4-12-23-49)50-35-33-40(34-36-50)39-25-29-42(30-26-39)52-38-47(37-46-19-13-14-24-51(46)52)41-27-31-45(32-28-41)55-57-53(43-15-5-1-6-16-43)56-54(58-55)44-17-7-2-8-18-44/h1-38H. The van der Waals surface area contributed by atoms with Gasteiger partial charge in [-0.05, 0) is 56.3 Å². The maximum absolute atomic E-state index is 14.9. The van der Waals surface area contributed by atoms with Crippen molar-refractivity contribution in [2.45, 2.75) is 0 Å². The second kappa shape index (κ2) is 16.0. The number of benzene rings is 9. The Morgan fingerprint density at radius 3 is 1.13 bits per heavy atom. The van der Waals surface area contributed by atoms with Gasteiger partial charge >= 0.3 is 0 Å². The molecule has 0 aliphatic carbocycles. The minimum Gasteiger partial charge on any atom is -0.309 e. The van der Waals surface area contributed by atoms with E-state index in [4.69, 9.17) is 15.0 Å². The zero-order valence-corrected chi connectivity index (χ0v) is 33.5. The quantitative estimate of drug-likeness (QED) is 0.137. The SMILES string of the molecule is O=P(c1ccccc1)(c1ccccc1)c1ccc(-c2ccc(-c3cc(-c4ccc(-c5nc(-c6ccccc6)nc(-c6ccccc6)n5)cc4)cc4ccccc34)cc2)cc1. The number of aromatic nitrogens is 3. The van der Waals surface area contributed by atoms with Crippen molar-refractivity contribution in [1.29, 1.82) is 0 Å². The van der Waals surface area contributed by atoms with Gasteiger partial charge < -0.3 is 4.57 Å². The molecular formula is C55H38N3OP. The molecule has 0 atom stereocenters. The molecule has 10 rings (SSSR count). The second-order valence-electron chi connectivity index (χ2n) is 14.8. The normalized spacial score (nSPS) is 11.4. The highest BCUT2D eigenvalue weighted by Gasteiger charge is 2.29. The maximum Gasteiger partial charge on any atom is 0.171 e.